The van der Waals surface area contributed by atoms with Gasteiger partial charge in [0.15, 0.2) is 5.65 Å². The molecule has 0 atom stereocenters. The van der Waals surface area contributed by atoms with E-state index in [2.05, 4.69) is 15.2 Å². The van der Waals surface area contributed by atoms with E-state index >= 15 is 0 Å². The molecule has 0 aliphatic carbocycles. The van der Waals surface area contributed by atoms with Crippen LogP contribution < -0.4 is 0 Å². The van der Waals surface area contributed by atoms with Gasteiger partial charge in [0.2, 0.25) is 10.0 Å². The molecule has 12 heteroatoms. The summed E-state index contributed by atoms with van der Waals surface area (Å²) in [7, 11) is -1.95. The molecular formula is C20H21N7O3S2. The average Bonchev–Trinajstić information content (AvgIpc) is 3.54. The molecule has 1 aliphatic heterocycles. The second-order valence-electron chi connectivity index (χ2n) is 7.52. The lowest BCUT2D eigenvalue weighted by Crippen LogP contribution is -2.50. The molecule has 0 unspecified atom stereocenters. The summed E-state index contributed by atoms with van der Waals surface area (Å²) in [4.78, 5) is 20.5. The topological polar surface area (TPSA) is 106 Å². The Morgan fingerprint density at radius 2 is 1.88 bits per heavy atom. The number of aryl methyl sites for hydroxylation is 1. The van der Waals surface area contributed by atoms with Gasteiger partial charge in [0.1, 0.15) is 10.5 Å². The maximum absolute atomic E-state index is 13.2. The van der Waals surface area contributed by atoms with Crippen LogP contribution in [-0.4, -0.2) is 74.1 Å². The number of amides is 1. The number of hydrogen-bond acceptors (Lipinski definition) is 7. The van der Waals surface area contributed by atoms with Crippen molar-refractivity contribution in [3.8, 4) is 10.6 Å². The molecule has 0 spiro atoms. The van der Waals surface area contributed by atoms with E-state index in [1.54, 1.807) is 40.9 Å². The Hall–Kier alpha value is -3.09. The zero-order chi connectivity index (χ0) is 22.5. The van der Waals surface area contributed by atoms with Crippen LogP contribution in [0.3, 0.4) is 0 Å². The van der Waals surface area contributed by atoms with Gasteiger partial charge in [-0.25, -0.2) is 17.9 Å². The Kier molecular flexibility index (Phi) is 5.07. The van der Waals surface area contributed by atoms with Crippen molar-refractivity contribution in [3.63, 3.8) is 0 Å². The Morgan fingerprint density at radius 3 is 2.53 bits per heavy atom. The number of piperazine rings is 1. The fraction of sp³-hybridized carbons (Fsp3) is 0.300. The third-order valence-electron chi connectivity index (χ3n) is 5.74. The first-order valence-electron chi connectivity index (χ1n) is 10.0. The first kappa shape index (κ1) is 20.8. The van der Waals surface area contributed by atoms with Gasteiger partial charge in [0, 0.05) is 39.4 Å². The number of carbonyl (C=O) groups is 1. The Morgan fingerprint density at radius 1 is 1.09 bits per heavy atom. The van der Waals surface area contributed by atoms with Crippen molar-refractivity contribution in [2.45, 2.75) is 11.8 Å². The quantitative estimate of drug-likeness (QED) is 0.448. The molecule has 5 rings (SSSR count). The van der Waals surface area contributed by atoms with Crippen LogP contribution in [0.15, 0.2) is 47.1 Å². The zero-order valence-electron chi connectivity index (χ0n) is 17.5. The minimum absolute atomic E-state index is 0.202. The number of fused-ring (bicyclic) bond motifs is 1. The second kappa shape index (κ2) is 7.80. The number of nitrogens with zero attached hydrogens (tertiary/aromatic N) is 7. The monoisotopic (exact) mass is 471 g/mol. The summed E-state index contributed by atoms with van der Waals surface area (Å²) >= 11 is 1.59. The van der Waals surface area contributed by atoms with Gasteiger partial charge in [0.05, 0.1) is 28.7 Å². The lowest BCUT2D eigenvalue weighted by Gasteiger charge is -2.33. The van der Waals surface area contributed by atoms with Crippen molar-refractivity contribution >= 4 is 32.9 Å². The highest BCUT2D eigenvalue weighted by Crippen LogP contribution is 2.26. The minimum Gasteiger partial charge on any atom is -0.336 e. The highest BCUT2D eigenvalue weighted by atomic mass is 32.2. The number of rotatable bonds is 4. The molecule has 0 saturated carbocycles. The van der Waals surface area contributed by atoms with Crippen LogP contribution in [0.1, 0.15) is 16.1 Å². The van der Waals surface area contributed by atoms with E-state index in [9.17, 15) is 13.2 Å². The second-order valence-corrected chi connectivity index (χ2v) is 10.4. The molecule has 1 amide bonds. The molecule has 0 N–H and O–H groups in total. The maximum atomic E-state index is 13.2. The van der Waals surface area contributed by atoms with E-state index in [0.717, 1.165) is 10.6 Å². The van der Waals surface area contributed by atoms with Crippen LogP contribution in [0.25, 0.3) is 16.2 Å². The van der Waals surface area contributed by atoms with Gasteiger partial charge < -0.3 is 4.90 Å². The molecule has 1 fully saturated rings. The molecule has 1 aliphatic rings. The fourth-order valence-electron chi connectivity index (χ4n) is 3.83. The molecule has 32 heavy (non-hydrogen) atoms. The molecule has 0 bridgehead atoms. The number of carbonyl (C=O) groups excluding carboxylic acids is 1. The molecule has 1 saturated heterocycles. The highest BCUT2D eigenvalue weighted by molar-refractivity contribution is 7.89. The predicted octanol–water partition coefficient (Wildman–Crippen LogP) is 1.65. The third kappa shape index (κ3) is 3.31. The zero-order valence-corrected chi connectivity index (χ0v) is 19.2. The maximum Gasteiger partial charge on any atom is 0.259 e. The van der Waals surface area contributed by atoms with Gasteiger partial charge in [-0.05, 0) is 24.4 Å². The molecule has 4 aromatic heterocycles. The summed E-state index contributed by atoms with van der Waals surface area (Å²) in [6.07, 6.45) is 4.57. The highest BCUT2D eigenvalue weighted by Gasteiger charge is 2.33. The summed E-state index contributed by atoms with van der Waals surface area (Å²) in [5.41, 5.74) is 2.35. The van der Waals surface area contributed by atoms with Gasteiger partial charge in [-0.1, -0.05) is 6.07 Å². The lowest BCUT2D eigenvalue weighted by atomic mass is 10.2. The van der Waals surface area contributed by atoms with E-state index in [4.69, 9.17) is 0 Å². The Labute approximate surface area is 188 Å². The summed E-state index contributed by atoms with van der Waals surface area (Å²) in [6, 6.07) is 5.82. The number of thiophene rings is 1. The van der Waals surface area contributed by atoms with E-state index in [1.807, 2.05) is 23.6 Å². The molecule has 10 nitrogen and oxygen atoms in total. The van der Waals surface area contributed by atoms with Crippen molar-refractivity contribution in [1.82, 2.24) is 33.6 Å². The standard InChI is InChI=1S/C20H21N7O3S2/c1-14-18(13-22-24(14)2)32(29,30)26-9-7-25(8-10-26)20(28)15-12-23-27-16(5-6-21-19(15)27)17-4-3-11-31-17/h3-6,11-13H,7-10H2,1-2H3. The van der Waals surface area contributed by atoms with Gasteiger partial charge in [-0.2, -0.15) is 14.5 Å². The number of sulfonamides is 1. The van der Waals surface area contributed by atoms with Crippen LogP contribution in [0.2, 0.25) is 0 Å². The normalized spacial score (nSPS) is 15.5. The summed E-state index contributed by atoms with van der Waals surface area (Å²) in [6.45, 7) is 2.74. The van der Waals surface area contributed by atoms with Crippen molar-refractivity contribution in [2.75, 3.05) is 26.2 Å². The van der Waals surface area contributed by atoms with Crippen molar-refractivity contribution in [2.24, 2.45) is 7.05 Å². The molecule has 0 aromatic carbocycles. The van der Waals surface area contributed by atoms with Crippen LogP contribution in [0.5, 0.6) is 0 Å². The van der Waals surface area contributed by atoms with E-state index in [1.165, 1.54) is 21.4 Å². The van der Waals surface area contributed by atoms with E-state index in [-0.39, 0.29) is 23.9 Å². The van der Waals surface area contributed by atoms with E-state index in [0.29, 0.717) is 30.0 Å². The summed E-state index contributed by atoms with van der Waals surface area (Å²) in [5.74, 6) is -0.203. The van der Waals surface area contributed by atoms with Crippen molar-refractivity contribution in [1.29, 1.82) is 0 Å². The Balaban J connectivity index is 1.36. The Bertz CT molecular complexity index is 1400. The SMILES string of the molecule is Cc1c(S(=O)(=O)N2CCN(C(=O)c3cnn4c(-c5cccs5)ccnc34)CC2)cnn1C. The van der Waals surface area contributed by atoms with Gasteiger partial charge in [0.25, 0.3) is 5.91 Å². The van der Waals surface area contributed by atoms with Gasteiger partial charge >= 0.3 is 0 Å². The average molecular weight is 472 g/mol. The van der Waals surface area contributed by atoms with Crippen LogP contribution in [0.4, 0.5) is 0 Å². The first-order valence-corrected chi connectivity index (χ1v) is 12.3. The molecular weight excluding hydrogens is 450 g/mol. The van der Waals surface area contributed by atoms with Crippen molar-refractivity contribution < 1.29 is 13.2 Å². The van der Waals surface area contributed by atoms with Crippen LogP contribution >= 0.6 is 11.3 Å². The van der Waals surface area contributed by atoms with Gasteiger partial charge in [-0.15, -0.1) is 11.3 Å². The lowest BCUT2D eigenvalue weighted by molar-refractivity contribution is 0.0699. The molecule has 4 aromatic rings. The number of hydrogen-bond donors (Lipinski definition) is 0. The first-order chi connectivity index (χ1) is 15.4. The van der Waals surface area contributed by atoms with Crippen LogP contribution in [0, 0.1) is 6.92 Å². The van der Waals surface area contributed by atoms with E-state index < -0.39 is 10.0 Å². The van der Waals surface area contributed by atoms with Crippen molar-refractivity contribution in [3.05, 3.63) is 53.4 Å². The smallest absolute Gasteiger partial charge is 0.259 e. The molecule has 0 radical (unpaired) electrons. The minimum atomic E-state index is -3.66. The summed E-state index contributed by atoms with van der Waals surface area (Å²) in [5, 5.41) is 10.4. The van der Waals surface area contributed by atoms with Crippen LogP contribution in [-0.2, 0) is 17.1 Å². The summed E-state index contributed by atoms with van der Waals surface area (Å²) < 4.78 is 30.6. The third-order valence-corrected chi connectivity index (χ3v) is 8.63. The van der Waals surface area contributed by atoms with Gasteiger partial charge in [-0.3, -0.25) is 9.48 Å². The molecule has 5 heterocycles. The predicted molar refractivity (Wildman–Crippen MR) is 119 cm³/mol. The number of aromatic nitrogens is 5. The fourth-order valence-corrected chi connectivity index (χ4v) is 6.17. The molecule has 166 valence electrons. The largest absolute Gasteiger partial charge is 0.336 e.